The van der Waals surface area contributed by atoms with Gasteiger partial charge in [0, 0.05) is 5.75 Å². The number of aromatic nitrogens is 4. The molecule has 0 aromatic carbocycles. The third-order valence-corrected chi connectivity index (χ3v) is 3.49. The maximum atomic E-state index is 10.0. The van der Waals surface area contributed by atoms with Crippen molar-refractivity contribution < 1.29 is 14.9 Å². The van der Waals surface area contributed by atoms with E-state index in [1.54, 1.807) is 0 Å². The van der Waals surface area contributed by atoms with Crippen molar-refractivity contribution in [3.8, 4) is 0 Å². The number of aliphatic hydroxyl groups is 2. The molecule has 0 spiro atoms. The van der Waals surface area contributed by atoms with Crippen LogP contribution in [0.1, 0.15) is 6.23 Å². The van der Waals surface area contributed by atoms with E-state index in [2.05, 4.69) is 15.0 Å². The number of nitrogen functional groups attached to an aromatic ring is 1. The van der Waals surface area contributed by atoms with Gasteiger partial charge in [0.1, 0.15) is 24.1 Å². The Labute approximate surface area is 113 Å². The van der Waals surface area contributed by atoms with Crippen LogP contribution in [0.25, 0.3) is 11.2 Å². The first-order chi connectivity index (χ1) is 9.13. The van der Waals surface area contributed by atoms with Crippen molar-refractivity contribution in [1.29, 1.82) is 0 Å². The second kappa shape index (κ2) is 4.60. The number of ether oxygens (including phenoxy) is 1. The summed E-state index contributed by atoms with van der Waals surface area (Å²) in [4.78, 5) is 12.0. The van der Waals surface area contributed by atoms with Gasteiger partial charge in [0.2, 0.25) is 0 Å². The highest BCUT2D eigenvalue weighted by atomic mass is 32.1. The van der Waals surface area contributed by atoms with Gasteiger partial charge in [0.15, 0.2) is 17.7 Å². The molecule has 101 valence electrons. The minimum atomic E-state index is -1.10. The van der Waals surface area contributed by atoms with Crippen LogP contribution in [0.3, 0.4) is 0 Å². The summed E-state index contributed by atoms with van der Waals surface area (Å²) in [5.41, 5.74) is 6.55. The Hall–Kier alpha value is -1.42. The summed E-state index contributed by atoms with van der Waals surface area (Å²) >= 11 is 4.87. The molecule has 0 amide bonds. The summed E-state index contributed by atoms with van der Waals surface area (Å²) in [7, 11) is 0. The zero-order valence-electron chi connectivity index (χ0n) is 9.75. The lowest BCUT2D eigenvalue weighted by molar-refractivity contribution is -0.0288. The van der Waals surface area contributed by atoms with Gasteiger partial charge < -0.3 is 20.7 Å². The van der Waals surface area contributed by atoms with E-state index in [-0.39, 0.29) is 11.6 Å². The lowest BCUT2D eigenvalue weighted by Gasteiger charge is -2.16. The Balaban J connectivity index is 2.04. The van der Waals surface area contributed by atoms with Crippen LogP contribution < -0.4 is 5.73 Å². The van der Waals surface area contributed by atoms with Crippen molar-refractivity contribution >= 4 is 29.6 Å². The van der Waals surface area contributed by atoms with E-state index in [9.17, 15) is 10.2 Å². The molecular formula is C10H12N5O3S. The smallest absolute Gasteiger partial charge is 0.167 e. The Kier molecular flexibility index (Phi) is 3.05. The normalized spacial score (nSPS) is 31.1. The Bertz CT molecular complexity index is 606. The predicted molar refractivity (Wildman–Crippen MR) is 68.1 cm³/mol. The minimum Gasteiger partial charge on any atom is -0.387 e. The molecule has 0 unspecified atom stereocenters. The maximum absolute atomic E-state index is 10.0. The fourth-order valence-corrected chi connectivity index (χ4v) is 2.43. The van der Waals surface area contributed by atoms with Gasteiger partial charge in [0.25, 0.3) is 0 Å². The molecule has 3 heterocycles. The van der Waals surface area contributed by atoms with Gasteiger partial charge in [-0.1, -0.05) is 12.6 Å². The van der Waals surface area contributed by atoms with Crippen LogP contribution in [0.4, 0.5) is 5.82 Å². The number of anilines is 1. The average molecular weight is 282 g/mol. The standard InChI is InChI=1S/C10H12N5O3S/c11-8-5-9(13-2-12-8)15(3-14-5)10-7(17)6(16)4(1-19)18-10/h2-4,6-7,10,16-17H,1H2,(H2,11,12,13)/t4-,6-,7-,10-/m1/s1. The van der Waals surface area contributed by atoms with Crippen molar-refractivity contribution in [3.63, 3.8) is 0 Å². The first kappa shape index (κ1) is 12.6. The quantitative estimate of drug-likeness (QED) is 0.661. The monoisotopic (exact) mass is 282 g/mol. The Morgan fingerprint density at radius 1 is 1.32 bits per heavy atom. The fraction of sp³-hybridized carbons (Fsp3) is 0.500. The molecule has 1 fully saturated rings. The van der Waals surface area contributed by atoms with Crippen LogP contribution in [0.2, 0.25) is 0 Å². The summed E-state index contributed by atoms with van der Waals surface area (Å²) in [5, 5.41) is 19.8. The summed E-state index contributed by atoms with van der Waals surface area (Å²) < 4.78 is 7.07. The third kappa shape index (κ3) is 1.86. The summed E-state index contributed by atoms with van der Waals surface area (Å²) in [6.45, 7) is 0. The summed E-state index contributed by atoms with van der Waals surface area (Å²) in [6, 6.07) is 0. The van der Waals surface area contributed by atoms with E-state index in [1.807, 2.05) is 0 Å². The molecule has 3 rings (SSSR count). The molecule has 0 bridgehead atoms. The number of nitrogens with zero attached hydrogens (tertiary/aromatic N) is 4. The van der Waals surface area contributed by atoms with Gasteiger partial charge in [-0.05, 0) is 0 Å². The number of imidazole rings is 1. The molecule has 2 aromatic rings. The third-order valence-electron chi connectivity index (χ3n) is 3.16. The predicted octanol–water partition coefficient (Wildman–Crippen LogP) is -0.775. The van der Waals surface area contributed by atoms with Crippen LogP contribution in [0.5, 0.6) is 0 Å². The zero-order chi connectivity index (χ0) is 13.6. The Morgan fingerprint density at radius 3 is 2.79 bits per heavy atom. The van der Waals surface area contributed by atoms with Crippen molar-refractivity contribution in [3.05, 3.63) is 12.7 Å². The molecule has 1 saturated heterocycles. The molecule has 1 radical (unpaired) electrons. The molecule has 4 atom stereocenters. The second-order valence-electron chi connectivity index (χ2n) is 4.30. The molecule has 1 aliphatic heterocycles. The van der Waals surface area contributed by atoms with Gasteiger partial charge in [-0.3, -0.25) is 4.57 Å². The topological polar surface area (TPSA) is 119 Å². The van der Waals surface area contributed by atoms with Crippen LogP contribution in [0, 0.1) is 0 Å². The largest absolute Gasteiger partial charge is 0.387 e. The molecule has 4 N–H and O–H groups in total. The van der Waals surface area contributed by atoms with Crippen molar-refractivity contribution in [1.82, 2.24) is 19.5 Å². The van der Waals surface area contributed by atoms with Crippen molar-refractivity contribution in [2.45, 2.75) is 24.5 Å². The first-order valence-electron chi connectivity index (χ1n) is 5.66. The zero-order valence-corrected chi connectivity index (χ0v) is 10.6. The van der Waals surface area contributed by atoms with E-state index >= 15 is 0 Å². The van der Waals surface area contributed by atoms with Crippen LogP contribution >= 0.6 is 12.6 Å². The molecule has 0 saturated carbocycles. The molecule has 9 heteroatoms. The molecular weight excluding hydrogens is 270 g/mol. The fourth-order valence-electron chi connectivity index (χ4n) is 2.15. The van der Waals surface area contributed by atoms with E-state index < -0.39 is 24.5 Å². The number of aliphatic hydroxyl groups excluding tert-OH is 2. The van der Waals surface area contributed by atoms with Crippen LogP contribution in [-0.2, 0) is 4.74 Å². The van der Waals surface area contributed by atoms with Crippen molar-refractivity contribution in [2.75, 3.05) is 11.5 Å². The van der Waals surface area contributed by atoms with Crippen LogP contribution in [0.15, 0.2) is 12.7 Å². The first-order valence-corrected chi connectivity index (χ1v) is 6.24. The molecule has 1 aliphatic rings. The van der Waals surface area contributed by atoms with E-state index in [1.165, 1.54) is 17.2 Å². The highest BCUT2D eigenvalue weighted by Gasteiger charge is 2.43. The SMILES string of the molecule is Nc1ncnc2c1ncn2[C@@H]1O[C@H](C[S])[C@@H](O)[C@H]1O. The molecule has 19 heavy (non-hydrogen) atoms. The number of fused-ring (bicyclic) bond motifs is 1. The van der Waals surface area contributed by atoms with E-state index in [0.29, 0.717) is 11.2 Å². The molecule has 0 aliphatic carbocycles. The molecule has 2 aromatic heterocycles. The summed E-state index contributed by atoms with van der Waals surface area (Å²) in [6.07, 6.45) is -0.755. The van der Waals surface area contributed by atoms with Gasteiger partial charge >= 0.3 is 0 Å². The van der Waals surface area contributed by atoms with Crippen LogP contribution in [-0.4, -0.2) is 53.8 Å². The Morgan fingerprint density at radius 2 is 2.11 bits per heavy atom. The number of nitrogens with two attached hydrogens (primary N) is 1. The minimum absolute atomic E-state index is 0.193. The summed E-state index contributed by atoms with van der Waals surface area (Å²) in [5.74, 6) is 0.440. The van der Waals surface area contributed by atoms with Gasteiger partial charge in [-0.15, -0.1) is 0 Å². The second-order valence-corrected chi connectivity index (χ2v) is 4.63. The van der Waals surface area contributed by atoms with Gasteiger partial charge in [0.05, 0.1) is 12.4 Å². The number of rotatable bonds is 2. The lowest BCUT2D eigenvalue weighted by Crippen LogP contribution is -2.32. The van der Waals surface area contributed by atoms with Crippen molar-refractivity contribution in [2.24, 2.45) is 0 Å². The highest BCUT2D eigenvalue weighted by molar-refractivity contribution is 7.80. The average Bonchev–Trinajstić information content (AvgIpc) is 2.94. The van der Waals surface area contributed by atoms with E-state index in [0.717, 1.165) is 0 Å². The lowest BCUT2D eigenvalue weighted by atomic mass is 10.1. The maximum Gasteiger partial charge on any atom is 0.167 e. The van der Waals surface area contributed by atoms with Gasteiger partial charge in [-0.2, -0.15) is 0 Å². The molecule has 8 nitrogen and oxygen atoms in total. The highest BCUT2D eigenvalue weighted by Crippen LogP contribution is 2.32. The van der Waals surface area contributed by atoms with Gasteiger partial charge in [-0.25, -0.2) is 15.0 Å². The van der Waals surface area contributed by atoms with E-state index in [4.69, 9.17) is 23.1 Å². The number of hydrogen-bond acceptors (Lipinski definition) is 7. The number of hydrogen-bond donors (Lipinski definition) is 3.